The zero-order chi connectivity index (χ0) is 18.7. The van der Waals surface area contributed by atoms with Gasteiger partial charge in [0.1, 0.15) is 16.9 Å². The fourth-order valence-corrected chi connectivity index (χ4v) is 2.49. The van der Waals surface area contributed by atoms with Gasteiger partial charge in [-0.15, -0.1) is 0 Å². The molecule has 0 spiro atoms. The van der Waals surface area contributed by atoms with Crippen molar-refractivity contribution >= 4 is 28.5 Å². The maximum Gasteiger partial charge on any atom is 0.313 e. The molecule has 1 atom stereocenters. The van der Waals surface area contributed by atoms with E-state index in [9.17, 15) is 14.7 Å². The van der Waals surface area contributed by atoms with Gasteiger partial charge in [-0.25, -0.2) is 0 Å². The number of nitrogens with one attached hydrogen (secondary N) is 2. The summed E-state index contributed by atoms with van der Waals surface area (Å²) in [5.74, 6) is -1.31. The molecule has 0 saturated heterocycles. The number of carbonyl (C=O) groups is 2. The third kappa shape index (κ3) is 3.92. The van der Waals surface area contributed by atoms with Crippen LogP contribution >= 0.6 is 0 Å². The number of aliphatic hydroxyl groups is 1. The molecule has 3 aromatic rings. The molecule has 3 N–H and O–H groups in total. The van der Waals surface area contributed by atoms with Crippen LogP contribution in [0.3, 0.4) is 0 Å². The highest BCUT2D eigenvalue weighted by Gasteiger charge is 2.29. The van der Waals surface area contributed by atoms with E-state index in [1.54, 1.807) is 24.3 Å². The summed E-state index contributed by atoms with van der Waals surface area (Å²) in [5.41, 5.74) is 0.777. The third-order valence-electron chi connectivity index (χ3n) is 4.07. The summed E-state index contributed by atoms with van der Waals surface area (Å²) in [6.45, 7) is 3.29. The topological polar surface area (TPSA) is 91.6 Å². The van der Waals surface area contributed by atoms with Gasteiger partial charge in [0.05, 0.1) is 6.54 Å². The minimum absolute atomic E-state index is 0.160. The molecule has 0 aliphatic heterocycles. The van der Waals surface area contributed by atoms with E-state index in [1.165, 1.54) is 6.92 Å². The fraction of sp³-hybridized carbons (Fsp3) is 0.200. The number of anilines is 1. The second-order valence-corrected chi connectivity index (χ2v) is 6.43. The lowest BCUT2D eigenvalue weighted by atomic mass is 10.0. The second kappa shape index (κ2) is 7.01. The summed E-state index contributed by atoms with van der Waals surface area (Å²) in [7, 11) is 0. The van der Waals surface area contributed by atoms with E-state index in [2.05, 4.69) is 10.6 Å². The number of fused-ring (bicyclic) bond motifs is 1. The minimum Gasteiger partial charge on any atom is -0.458 e. The summed E-state index contributed by atoms with van der Waals surface area (Å²) < 4.78 is 5.63. The first-order chi connectivity index (χ1) is 12.3. The minimum atomic E-state index is -1.45. The molecule has 0 saturated carbocycles. The van der Waals surface area contributed by atoms with E-state index < -0.39 is 17.4 Å². The van der Waals surface area contributed by atoms with Crippen LogP contribution < -0.4 is 10.6 Å². The molecule has 0 fully saturated rings. The van der Waals surface area contributed by atoms with Gasteiger partial charge in [-0.3, -0.25) is 9.59 Å². The predicted octanol–water partition coefficient (Wildman–Crippen LogP) is 2.70. The van der Waals surface area contributed by atoms with Crippen LogP contribution in [0.1, 0.15) is 18.2 Å². The van der Waals surface area contributed by atoms with Gasteiger partial charge in [0.15, 0.2) is 0 Å². The zero-order valence-corrected chi connectivity index (χ0v) is 14.6. The highest BCUT2D eigenvalue weighted by molar-refractivity contribution is 6.39. The van der Waals surface area contributed by atoms with E-state index in [0.29, 0.717) is 17.0 Å². The maximum absolute atomic E-state index is 12.0. The van der Waals surface area contributed by atoms with Gasteiger partial charge in [-0.05, 0) is 38.1 Å². The number of amides is 2. The molecular weight excluding hydrogens is 332 g/mol. The Balaban J connectivity index is 1.61. The van der Waals surface area contributed by atoms with Crippen molar-refractivity contribution in [3.05, 3.63) is 65.9 Å². The van der Waals surface area contributed by atoms with Crippen molar-refractivity contribution in [2.75, 3.05) is 11.9 Å². The summed E-state index contributed by atoms with van der Waals surface area (Å²) in [5, 5.41) is 16.4. The molecule has 1 unspecified atom stereocenters. The fourth-order valence-electron chi connectivity index (χ4n) is 2.49. The van der Waals surface area contributed by atoms with Gasteiger partial charge in [0.25, 0.3) is 0 Å². The number of hydrogen-bond donors (Lipinski definition) is 3. The van der Waals surface area contributed by atoms with Crippen molar-refractivity contribution in [2.45, 2.75) is 19.4 Å². The zero-order valence-electron chi connectivity index (χ0n) is 14.6. The first-order valence-electron chi connectivity index (χ1n) is 8.22. The molecule has 0 aliphatic carbocycles. The van der Waals surface area contributed by atoms with E-state index in [0.717, 1.165) is 10.9 Å². The van der Waals surface area contributed by atoms with Gasteiger partial charge in [-0.1, -0.05) is 35.9 Å². The number of rotatable bonds is 4. The van der Waals surface area contributed by atoms with Crippen molar-refractivity contribution in [1.82, 2.24) is 5.32 Å². The van der Waals surface area contributed by atoms with Crippen LogP contribution in [0.15, 0.2) is 59.0 Å². The highest BCUT2D eigenvalue weighted by atomic mass is 16.4. The van der Waals surface area contributed by atoms with E-state index >= 15 is 0 Å². The van der Waals surface area contributed by atoms with Crippen molar-refractivity contribution in [2.24, 2.45) is 0 Å². The van der Waals surface area contributed by atoms with Gasteiger partial charge < -0.3 is 20.2 Å². The monoisotopic (exact) mass is 352 g/mol. The van der Waals surface area contributed by atoms with E-state index in [-0.39, 0.29) is 6.54 Å². The number of benzene rings is 2. The Kier molecular flexibility index (Phi) is 4.77. The van der Waals surface area contributed by atoms with Gasteiger partial charge >= 0.3 is 11.8 Å². The molecule has 1 aromatic heterocycles. The lowest BCUT2D eigenvalue weighted by molar-refractivity contribution is -0.136. The Morgan fingerprint density at radius 3 is 2.46 bits per heavy atom. The largest absolute Gasteiger partial charge is 0.458 e. The van der Waals surface area contributed by atoms with Crippen LogP contribution in [0.5, 0.6) is 0 Å². The number of aryl methyl sites for hydroxylation is 1. The molecule has 0 radical (unpaired) electrons. The van der Waals surface area contributed by atoms with Gasteiger partial charge in [0, 0.05) is 11.1 Å². The second-order valence-electron chi connectivity index (χ2n) is 6.43. The number of hydrogen-bond acceptors (Lipinski definition) is 4. The molecule has 0 bridgehead atoms. The first kappa shape index (κ1) is 17.7. The first-order valence-corrected chi connectivity index (χ1v) is 8.22. The number of para-hydroxylation sites is 1. The molecule has 134 valence electrons. The summed E-state index contributed by atoms with van der Waals surface area (Å²) in [4.78, 5) is 24.0. The molecular formula is C20H20N2O4. The Hall–Kier alpha value is -3.12. The standard InChI is InChI=1S/C20H20N2O4/c1-13-7-9-15(10-8-13)22-19(24)18(23)21-12-20(2,25)17-11-14-5-3-4-6-16(14)26-17/h3-11,25H,12H2,1-2H3,(H,21,23)(H,22,24). The molecule has 2 amide bonds. The smallest absolute Gasteiger partial charge is 0.313 e. The lowest BCUT2D eigenvalue weighted by Gasteiger charge is -2.20. The van der Waals surface area contributed by atoms with E-state index in [1.807, 2.05) is 37.3 Å². The van der Waals surface area contributed by atoms with Gasteiger partial charge in [-0.2, -0.15) is 0 Å². The average molecular weight is 352 g/mol. The molecule has 1 heterocycles. The Labute approximate surface area is 150 Å². The Bertz CT molecular complexity index is 909. The summed E-state index contributed by atoms with van der Waals surface area (Å²) in [6, 6.07) is 16.2. The van der Waals surface area contributed by atoms with Crippen LogP contribution in [0.2, 0.25) is 0 Å². The van der Waals surface area contributed by atoms with Crippen LogP contribution in [0, 0.1) is 6.92 Å². The molecule has 6 nitrogen and oxygen atoms in total. The highest BCUT2D eigenvalue weighted by Crippen LogP contribution is 2.27. The molecule has 6 heteroatoms. The van der Waals surface area contributed by atoms with Crippen molar-refractivity contribution in [3.63, 3.8) is 0 Å². The summed E-state index contributed by atoms with van der Waals surface area (Å²) >= 11 is 0. The van der Waals surface area contributed by atoms with Crippen LogP contribution in [0.25, 0.3) is 11.0 Å². The number of furan rings is 1. The van der Waals surface area contributed by atoms with Crippen molar-refractivity contribution in [1.29, 1.82) is 0 Å². The Morgan fingerprint density at radius 2 is 1.77 bits per heavy atom. The molecule has 3 rings (SSSR count). The maximum atomic E-state index is 12.0. The summed E-state index contributed by atoms with van der Waals surface area (Å²) in [6.07, 6.45) is 0. The van der Waals surface area contributed by atoms with Crippen LogP contribution in [0.4, 0.5) is 5.69 Å². The van der Waals surface area contributed by atoms with Crippen LogP contribution in [-0.4, -0.2) is 23.5 Å². The van der Waals surface area contributed by atoms with Crippen molar-refractivity contribution in [3.8, 4) is 0 Å². The quantitative estimate of drug-likeness (QED) is 0.630. The molecule has 26 heavy (non-hydrogen) atoms. The van der Waals surface area contributed by atoms with Crippen molar-refractivity contribution < 1.29 is 19.1 Å². The molecule has 2 aromatic carbocycles. The SMILES string of the molecule is Cc1ccc(NC(=O)C(=O)NCC(C)(O)c2cc3ccccc3o2)cc1. The third-order valence-corrected chi connectivity index (χ3v) is 4.07. The number of carbonyl (C=O) groups excluding carboxylic acids is 2. The van der Waals surface area contributed by atoms with E-state index in [4.69, 9.17) is 4.42 Å². The van der Waals surface area contributed by atoms with Gasteiger partial charge in [0.2, 0.25) is 0 Å². The predicted molar refractivity (Wildman–Crippen MR) is 98.6 cm³/mol. The van der Waals surface area contributed by atoms with Crippen LogP contribution in [-0.2, 0) is 15.2 Å². The molecule has 0 aliphatic rings. The lowest BCUT2D eigenvalue weighted by Crippen LogP contribution is -2.43. The average Bonchev–Trinajstić information content (AvgIpc) is 3.07. The Morgan fingerprint density at radius 1 is 1.08 bits per heavy atom. The normalized spacial score (nSPS) is 13.2.